The van der Waals surface area contributed by atoms with Crippen molar-refractivity contribution in [2.24, 2.45) is 0 Å². The van der Waals surface area contributed by atoms with Crippen LogP contribution in [-0.4, -0.2) is 95.7 Å². The Balaban J connectivity index is 2.72. The SMILES string of the molecule is CC[N]1C(C)CC(C(F)(F)F)[N](CC)[Sn]12[N](C)C(C)CC(C(F)(F)F)[N]2C. The van der Waals surface area contributed by atoms with Gasteiger partial charge in [0.05, 0.1) is 0 Å². The molecule has 1 spiro atoms. The van der Waals surface area contributed by atoms with Crippen LogP contribution in [0.25, 0.3) is 0 Å². The normalized spacial score (nSPS) is 38.7. The molecule has 0 saturated carbocycles. The fourth-order valence-corrected chi connectivity index (χ4v) is 22.3. The summed E-state index contributed by atoms with van der Waals surface area (Å²) in [4.78, 5) is 0. The summed E-state index contributed by atoms with van der Waals surface area (Å²) in [7, 11) is 3.12. The third-order valence-corrected chi connectivity index (χ3v) is 22.2. The number of hydrogen-bond donors (Lipinski definition) is 0. The van der Waals surface area contributed by atoms with E-state index in [2.05, 4.69) is 0 Å². The van der Waals surface area contributed by atoms with Gasteiger partial charge in [-0.05, 0) is 0 Å². The third-order valence-electron chi connectivity index (χ3n) is 6.32. The molecule has 0 amide bonds. The van der Waals surface area contributed by atoms with Crippen LogP contribution in [0.2, 0.25) is 0 Å². The number of alkyl halides is 6. The molecule has 27 heavy (non-hydrogen) atoms. The quantitative estimate of drug-likeness (QED) is 0.417. The molecular weight excluding hydrogens is 481 g/mol. The van der Waals surface area contributed by atoms with Crippen molar-refractivity contribution < 1.29 is 26.3 Å². The zero-order valence-corrected chi connectivity index (χ0v) is 19.5. The van der Waals surface area contributed by atoms with E-state index in [0.29, 0.717) is 6.54 Å². The molecule has 0 radical (unpaired) electrons. The standard InChI is InChI=1S/C9H17F3N2.C7H13F3N2.Sn/c1-4-13-7(3)6-8(14-5-2)9(10,11)12;1-5(11-2)4-6(12-3)7(8,9)10;/h7-8H,4-6H2,1-3H3;5-6H,4H2,1-3H3;/q2*-2;+4. The molecule has 2 fully saturated rings. The Kier molecular flexibility index (Phi) is 6.79. The summed E-state index contributed by atoms with van der Waals surface area (Å²) in [6.07, 6.45) is -9.18. The Morgan fingerprint density at radius 1 is 0.741 bits per heavy atom. The summed E-state index contributed by atoms with van der Waals surface area (Å²) in [5.74, 6) is 0. The van der Waals surface area contributed by atoms with E-state index in [1.54, 1.807) is 27.8 Å². The number of rotatable bonds is 2. The van der Waals surface area contributed by atoms with Crippen molar-refractivity contribution in [3.8, 4) is 0 Å². The van der Waals surface area contributed by atoms with Crippen molar-refractivity contribution in [1.29, 1.82) is 0 Å². The van der Waals surface area contributed by atoms with Gasteiger partial charge in [0.2, 0.25) is 0 Å². The Bertz CT molecular complexity index is 530. The topological polar surface area (TPSA) is 13.0 Å². The van der Waals surface area contributed by atoms with Gasteiger partial charge in [-0.1, -0.05) is 0 Å². The van der Waals surface area contributed by atoms with Crippen molar-refractivity contribution in [3.63, 3.8) is 0 Å². The molecule has 0 aliphatic carbocycles. The van der Waals surface area contributed by atoms with Crippen LogP contribution in [0.1, 0.15) is 40.5 Å². The van der Waals surface area contributed by atoms with E-state index in [9.17, 15) is 26.3 Å². The first-order valence-corrected chi connectivity index (χ1v) is 14.5. The molecule has 5 atom stereocenters. The number of halogens is 6. The first-order valence-electron chi connectivity index (χ1n) is 9.37. The van der Waals surface area contributed by atoms with Crippen LogP contribution in [0.4, 0.5) is 26.3 Å². The minimum atomic E-state index is -4.65. The molecular formula is C16H30F6N4Sn. The molecule has 160 valence electrons. The molecule has 2 saturated heterocycles. The zero-order chi connectivity index (χ0) is 20.9. The van der Waals surface area contributed by atoms with Gasteiger partial charge in [0.1, 0.15) is 0 Å². The molecule has 0 aromatic carbocycles. The van der Waals surface area contributed by atoms with Crippen molar-refractivity contribution in [2.45, 2.75) is 77.1 Å². The second-order valence-electron chi connectivity index (χ2n) is 7.68. The van der Waals surface area contributed by atoms with Crippen molar-refractivity contribution in [3.05, 3.63) is 0 Å². The Morgan fingerprint density at radius 2 is 1.19 bits per heavy atom. The van der Waals surface area contributed by atoms with E-state index < -0.39 is 56.0 Å². The maximum atomic E-state index is 13.9. The van der Waals surface area contributed by atoms with Crippen molar-refractivity contribution >= 4 is 19.5 Å². The molecule has 2 aliphatic rings. The summed E-state index contributed by atoms with van der Waals surface area (Å²) < 4.78 is 89.8. The third kappa shape index (κ3) is 3.73. The van der Waals surface area contributed by atoms with Crippen LogP contribution in [-0.2, 0) is 0 Å². The molecule has 0 N–H and O–H groups in total. The van der Waals surface area contributed by atoms with Gasteiger partial charge in [-0.2, -0.15) is 0 Å². The summed E-state index contributed by atoms with van der Waals surface area (Å²) in [6, 6.07) is -4.29. The molecule has 5 unspecified atom stereocenters. The summed E-state index contributed by atoms with van der Waals surface area (Å²) in [6.45, 7) is 7.40. The first-order chi connectivity index (χ1) is 12.2. The first kappa shape index (κ1) is 23.5. The van der Waals surface area contributed by atoms with E-state index in [0.717, 1.165) is 0 Å². The Morgan fingerprint density at radius 3 is 1.59 bits per heavy atom. The molecule has 2 rings (SSSR count). The molecule has 2 heterocycles. The van der Waals surface area contributed by atoms with Gasteiger partial charge in [-0.3, -0.25) is 0 Å². The van der Waals surface area contributed by atoms with E-state index in [1.807, 2.05) is 13.2 Å². The number of hydrogen-bond acceptors (Lipinski definition) is 4. The second kappa shape index (κ2) is 7.81. The molecule has 0 aromatic heterocycles. The average Bonchev–Trinajstić information content (AvgIpc) is 2.53. The van der Waals surface area contributed by atoms with Crippen LogP contribution in [0.3, 0.4) is 0 Å². The van der Waals surface area contributed by atoms with Gasteiger partial charge in [0.25, 0.3) is 0 Å². The second-order valence-corrected chi connectivity index (χ2v) is 18.4. The summed E-state index contributed by atoms with van der Waals surface area (Å²) >= 11 is -4.65. The van der Waals surface area contributed by atoms with Crippen LogP contribution >= 0.6 is 0 Å². The molecule has 2 aliphatic heterocycles. The fraction of sp³-hybridized carbons (Fsp3) is 1.00. The van der Waals surface area contributed by atoms with Crippen LogP contribution < -0.4 is 0 Å². The van der Waals surface area contributed by atoms with Crippen LogP contribution in [0.5, 0.6) is 0 Å². The van der Waals surface area contributed by atoms with Gasteiger partial charge in [-0.15, -0.1) is 0 Å². The summed E-state index contributed by atoms with van der Waals surface area (Å²) in [5.41, 5.74) is 0. The zero-order valence-electron chi connectivity index (χ0n) is 16.7. The molecule has 4 nitrogen and oxygen atoms in total. The fourth-order valence-electron chi connectivity index (χ4n) is 5.07. The van der Waals surface area contributed by atoms with E-state index >= 15 is 0 Å². The predicted molar refractivity (Wildman–Crippen MR) is 93.9 cm³/mol. The molecule has 11 heteroatoms. The Hall–Kier alpha value is 0.219. The van der Waals surface area contributed by atoms with Gasteiger partial charge < -0.3 is 0 Å². The van der Waals surface area contributed by atoms with E-state index in [-0.39, 0.29) is 19.4 Å². The van der Waals surface area contributed by atoms with Crippen LogP contribution in [0, 0.1) is 0 Å². The maximum absolute atomic E-state index is 13.9. The summed E-state index contributed by atoms with van der Waals surface area (Å²) in [5, 5.41) is 0. The van der Waals surface area contributed by atoms with Crippen molar-refractivity contribution in [2.75, 3.05) is 27.2 Å². The average molecular weight is 511 g/mol. The monoisotopic (exact) mass is 512 g/mol. The predicted octanol–water partition coefficient (Wildman–Crippen LogP) is 3.38. The van der Waals surface area contributed by atoms with Gasteiger partial charge in [-0.25, -0.2) is 0 Å². The molecule has 0 aromatic rings. The van der Waals surface area contributed by atoms with E-state index in [4.69, 9.17) is 0 Å². The van der Waals surface area contributed by atoms with Gasteiger partial charge in [0, 0.05) is 0 Å². The molecule has 0 bridgehead atoms. The van der Waals surface area contributed by atoms with Gasteiger partial charge >= 0.3 is 163 Å². The van der Waals surface area contributed by atoms with Crippen molar-refractivity contribution in [1.82, 2.24) is 12.5 Å². The minimum absolute atomic E-state index is 0.0788. The van der Waals surface area contributed by atoms with Crippen LogP contribution in [0.15, 0.2) is 0 Å². The Labute approximate surface area is 162 Å². The number of nitrogens with zero attached hydrogens (tertiary/aromatic N) is 4. The van der Waals surface area contributed by atoms with E-state index in [1.165, 1.54) is 13.3 Å². The van der Waals surface area contributed by atoms with Gasteiger partial charge in [0.15, 0.2) is 0 Å².